The summed E-state index contributed by atoms with van der Waals surface area (Å²) in [5.41, 5.74) is 1.03. The topological polar surface area (TPSA) is 17.8 Å². The molecule has 1 aromatic rings. The van der Waals surface area contributed by atoms with Gasteiger partial charge in [0.05, 0.1) is 16.9 Å². The minimum absolute atomic E-state index is 0.0690. The van der Waals surface area contributed by atoms with Crippen LogP contribution >= 0.6 is 23.2 Å². The Morgan fingerprint density at radius 3 is 2.62 bits per heavy atom. The summed E-state index contributed by atoms with van der Waals surface area (Å²) in [4.78, 5) is 0. The second-order valence-electron chi connectivity index (χ2n) is 3.16. The quantitative estimate of drug-likeness (QED) is 0.716. The van der Waals surface area contributed by atoms with Crippen LogP contribution in [-0.4, -0.2) is 15.2 Å². The van der Waals surface area contributed by atoms with E-state index in [0.29, 0.717) is 5.02 Å². The summed E-state index contributed by atoms with van der Waals surface area (Å²) in [7, 11) is 0. The molecule has 4 heteroatoms. The molecule has 0 spiro atoms. The molecule has 0 radical (unpaired) electrons. The molecule has 0 aliphatic carbocycles. The van der Waals surface area contributed by atoms with Crippen LogP contribution in [0.3, 0.4) is 0 Å². The van der Waals surface area contributed by atoms with Crippen molar-refractivity contribution in [1.29, 1.82) is 0 Å². The summed E-state index contributed by atoms with van der Waals surface area (Å²) in [6.07, 6.45) is 1.68. The number of aryl methyl sites for hydroxylation is 1. The summed E-state index contributed by atoms with van der Waals surface area (Å²) in [5.74, 6) is 0.233. The highest BCUT2D eigenvalue weighted by atomic mass is 35.5. The van der Waals surface area contributed by atoms with Gasteiger partial charge in [-0.05, 0) is 13.8 Å². The average Bonchev–Trinajstić information content (AvgIpc) is 2.45. The largest absolute Gasteiger partial charge is 0.268 e. The van der Waals surface area contributed by atoms with Crippen molar-refractivity contribution in [3.8, 4) is 0 Å². The van der Waals surface area contributed by atoms with Crippen molar-refractivity contribution >= 4 is 23.2 Å². The van der Waals surface area contributed by atoms with Gasteiger partial charge in [0.2, 0.25) is 0 Å². The molecule has 0 amide bonds. The van der Waals surface area contributed by atoms with Crippen LogP contribution < -0.4 is 0 Å². The third-order valence-electron chi connectivity index (χ3n) is 2.25. The van der Waals surface area contributed by atoms with Crippen molar-refractivity contribution in [3.63, 3.8) is 0 Å². The predicted octanol–water partition coefficient (Wildman–Crippen LogP) is 3.29. The summed E-state index contributed by atoms with van der Waals surface area (Å²) in [5, 5.41) is 4.94. The molecular formula is C9H14Cl2N2. The van der Waals surface area contributed by atoms with Crippen LogP contribution in [0.2, 0.25) is 5.02 Å². The number of hydrogen-bond donors (Lipinski definition) is 0. The molecule has 0 aliphatic heterocycles. The molecular weight excluding hydrogens is 207 g/mol. The zero-order chi connectivity index (χ0) is 10.0. The monoisotopic (exact) mass is 220 g/mol. The lowest BCUT2D eigenvalue weighted by atomic mass is 10.0. The van der Waals surface area contributed by atoms with Crippen LogP contribution in [0.15, 0.2) is 6.20 Å². The smallest absolute Gasteiger partial charge is 0.0821 e. The van der Waals surface area contributed by atoms with E-state index >= 15 is 0 Å². The van der Waals surface area contributed by atoms with Crippen molar-refractivity contribution in [2.24, 2.45) is 0 Å². The highest BCUT2D eigenvalue weighted by Gasteiger charge is 2.19. The minimum atomic E-state index is 0.0690. The number of hydrogen-bond acceptors (Lipinski definition) is 1. The maximum absolute atomic E-state index is 6.02. The molecule has 13 heavy (non-hydrogen) atoms. The molecule has 2 atom stereocenters. The number of alkyl halides is 1. The summed E-state index contributed by atoms with van der Waals surface area (Å²) >= 11 is 12.0. The Labute approximate surface area is 88.8 Å². The van der Waals surface area contributed by atoms with Crippen molar-refractivity contribution < 1.29 is 0 Å². The fourth-order valence-electron chi connectivity index (χ4n) is 1.29. The van der Waals surface area contributed by atoms with E-state index in [1.54, 1.807) is 6.20 Å². The Bertz CT molecular complexity index is 281. The first kappa shape index (κ1) is 10.9. The minimum Gasteiger partial charge on any atom is -0.268 e. The van der Waals surface area contributed by atoms with Gasteiger partial charge in [0.15, 0.2) is 0 Å². The van der Waals surface area contributed by atoms with Gasteiger partial charge in [0.25, 0.3) is 0 Å². The maximum Gasteiger partial charge on any atom is 0.0821 e. The van der Waals surface area contributed by atoms with E-state index in [4.69, 9.17) is 23.2 Å². The van der Waals surface area contributed by atoms with E-state index in [2.05, 4.69) is 12.0 Å². The Hall–Kier alpha value is -0.210. The molecule has 1 heterocycles. The maximum atomic E-state index is 6.02. The van der Waals surface area contributed by atoms with E-state index in [0.717, 1.165) is 12.2 Å². The van der Waals surface area contributed by atoms with Crippen LogP contribution in [0.5, 0.6) is 0 Å². The van der Waals surface area contributed by atoms with Crippen LogP contribution in [0.4, 0.5) is 0 Å². The van der Waals surface area contributed by atoms with Crippen molar-refractivity contribution in [2.45, 2.75) is 38.6 Å². The Balaban J connectivity index is 3.03. The third kappa shape index (κ3) is 2.18. The van der Waals surface area contributed by atoms with E-state index in [1.165, 1.54) is 0 Å². The highest BCUT2D eigenvalue weighted by molar-refractivity contribution is 6.31. The molecule has 0 aliphatic rings. The van der Waals surface area contributed by atoms with E-state index in [1.807, 2.05) is 18.5 Å². The highest BCUT2D eigenvalue weighted by Crippen LogP contribution is 2.28. The SMILES string of the molecule is CCn1ncc(Cl)c1C(C)C(C)Cl. The van der Waals surface area contributed by atoms with Gasteiger partial charge in [-0.15, -0.1) is 11.6 Å². The predicted molar refractivity (Wildman–Crippen MR) is 56.6 cm³/mol. The lowest BCUT2D eigenvalue weighted by Crippen LogP contribution is -2.12. The van der Waals surface area contributed by atoms with Crippen LogP contribution in [0.25, 0.3) is 0 Å². The molecule has 0 bridgehead atoms. The molecule has 1 aromatic heterocycles. The first-order chi connectivity index (χ1) is 6.07. The number of aromatic nitrogens is 2. The first-order valence-corrected chi connectivity index (χ1v) is 5.24. The van der Waals surface area contributed by atoms with Crippen molar-refractivity contribution in [1.82, 2.24) is 9.78 Å². The molecule has 1 rings (SSSR count). The lowest BCUT2D eigenvalue weighted by molar-refractivity contribution is 0.577. The molecule has 0 saturated carbocycles. The molecule has 0 N–H and O–H groups in total. The Morgan fingerprint density at radius 2 is 2.15 bits per heavy atom. The number of nitrogens with zero attached hydrogens (tertiary/aromatic N) is 2. The molecule has 2 nitrogen and oxygen atoms in total. The number of rotatable bonds is 3. The standard InChI is InChI=1S/C9H14Cl2N2/c1-4-13-9(6(2)7(3)10)8(11)5-12-13/h5-7H,4H2,1-3H3. The van der Waals surface area contributed by atoms with Crippen LogP contribution in [0, 0.1) is 0 Å². The van der Waals surface area contributed by atoms with Gasteiger partial charge >= 0.3 is 0 Å². The van der Waals surface area contributed by atoms with Crippen LogP contribution in [-0.2, 0) is 6.54 Å². The van der Waals surface area contributed by atoms with Crippen molar-refractivity contribution in [3.05, 3.63) is 16.9 Å². The molecule has 0 aromatic carbocycles. The first-order valence-electron chi connectivity index (χ1n) is 4.43. The van der Waals surface area contributed by atoms with Gasteiger partial charge in [-0.2, -0.15) is 5.10 Å². The Kier molecular flexibility index (Phi) is 3.63. The second-order valence-corrected chi connectivity index (χ2v) is 4.26. The van der Waals surface area contributed by atoms with Gasteiger partial charge in [-0.1, -0.05) is 18.5 Å². The van der Waals surface area contributed by atoms with Crippen LogP contribution in [0.1, 0.15) is 32.4 Å². The molecule has 2 unspecified atom stereocenters. The van der Waals surface area contributed by atoms with E-state index in [-0.39, 0.29) is 11.3 Å². The summed E-state index contributed by atoms with van der Waals surface area (Å²) in [6, 6.07) is 0. The molecule has 0 saturated heterocycles. The lowest BCUT2D eigenvalue weighted by Gasteiger charge is -2.15. The molecule has 0 fully saturated rings. The summed E-state index contributed by atoms with van der Waals surface area (Å²) in [6.45, 7) is 6.90. The fraction of sp³-hybridized carbons (Fsp3) is 0.667. The van der Waals surface area contributed by atoms with Gasteiger partial charge in [-0.25, -0.2) is 0 Å². The van der Waals surface area contributed by atoms with Gasteiger partial charge in [0.1, 0.15) is 0 Å². The normalized spacial score (nSPS) is 15.8. The van der Waals surface area contributed by atoms with Gasteiger partial charge in [-0.3, -0.25) is 4.68 Å². The van der Waals surface area contributed by atoms with Gasteiger partial charge < -0.3 is 0 Å². The summed E-state index contributed by atoms with van der Waals surface area (Å²) < 4.78 is 1.89. The second kappa shape index (κ2) is 4.34. The zero-order valence-corrected chi connectivity index (χ0v) is 9.60. The number of halogens is 2. The van der Waals surface area contributed by atoms with Gasteiger partial charge in [0, 0.05) is 17.8 Å². The average molecular weight is 221 g/mol. The van der Waals surface area contributed by atoms with E-state index < -0.39 is 0 Å². The zero-order valence-electron chi connectivity index (χ0n) is 8.09. The van der Waals surface area contributed by atoms with Crippen molar-refractivity contribution in [2.75, 3.05) is 0 Å². The fourth-order valence-corrected chi connectivity index (χ4v) is 1.73. The third-order valence-corrected chi connectivity index (χ3v) is 2.92. The Morgan fingerprint density at radius 1 is 1.54 bits per heavy atom. The van der Waals surface area contributed by atoms with E-state index in [9.17, 15) is 0 Å². The molecule has 74 valence electrons.